The zero-order valence-corrected chi connectivity index (χ0v) is 16.5. The number of carbonyl (C=O) groups is 1. The molecule has 138 valence electrons. The van der Waals surface area contributed by atoms with E-state index in [0.29, 0.717) is 6.61 Å². The molecule has 24 heavy (non-hydrogen) atoms. The van der Waals surface area contributed by atoms with Crippen molar-refractivity contribution in [2.75, 3.05) is 6.61 Å². The van der Waals surface area contributed by atoms with Crippen LogP contribution in [0.1, 0.15) is 80.1 Å². The summed E-state index contributed by atoms with van der Waals surface area (Å²) in [6, 6.07) is 0. The Balaban J connectivity index is 1.76. The molecule has 3 nitrogen and oxygen atoms in total. The quantitative estimate of drug-likeness (QED) is 0.680. The lowest BCUT2D eigenvalue weighted by molar-refractivity contribution is -0.201. The van der Waals surface area contributed by atoms with E-state index >= 15 is 0 Å². The molecule has 0 spiro atoms. The maximum absolute atomic E-state index is 12.3. The molecule has 4 rings (SSSR count). The molecule has 1 unspecified atom stereocenters. The predicted octanol–water partition coefficient (Wildman–Crippen LogP) is 4.98. The van der Waals surface area contributed by atoms with Gasteiger partial charge < -0.3 is 9.47 Å². The molecule has 0 aliphatic heterocycles. The van der Waals surface area contributed by atoms with Crippen molar-refractivity contribution in [3.05, 3.63) is 0 Å². The second kappa shape index (κ2) is 6.00. The molecule has 0 amide bonds. The zero-order valence-electron chi connectivity index (χ0n) is 16.5. The number of hydrogen-bond acceptors (Lipinski definition) is 3. The molecule has 0 radical (unpaired) electrons. The van der Waals surface area contributed by atoms with E-state index < -0.39 is 5.41 Å². The molecule has 0 heterocycles. The highest BCUT2D eigenvalue weighted by molar-refractivity contribution is 5.75. The van der Waals surface area contributed by atoms with Gasteiger partial charge in [0.25, 0.3) is 0 Å². The zero-order chi connectivity index (χ0) is 17.8. The highest BCUT2D eigenvalue weighted by Gasteiger charge is 2.55. The van der Waals surface area contributed by atoms with Crippen molar-refractivity contribution < 1.29 is 14.3 Å². The van der Waals surface area contributed by atoms with Crippen LogP contribution in [0.2, 0.25) is 0 Å². The molecule has 4 saturated carbocycles. The average molecular weight is 337 g/mol. The van der Waals surface area contributed by atoms with Crippen LogP contribution in [-0.4, -0.2) is 24.3 Å². The molecule has 4 aliphatic rings. The van der Waals surface area contributed by atoms with Crippen molar-refractivity contribution in [2.45, 2.75) is 91.8 Å². The van der Waals surface area contributed by atoms with Gasteiger partial charge in [0.1, 0.15) is 6.61 Å². The van der Waals surface area contributed by atoms with Gasteiger partial charge in [-0.15, -0.1) is 0 Å². The van der Waals surface area contributed by atoms with E-state index in [4.69, 9.17) is 9.47 Å². The monoisotopic (exact) mass is 336 g/mol. The summed E-state index contributed by atoms with van der Waals surface area (Å²) in [4.78, 5) is 12.3. The van der Waals surface area contributed by atoms with E-state index in [9.17, 15) is 4.79 Å². The van der Waals surface area contributed by atoms with Crippen LogP contribution in [0.15, 0.2) is 0 Å². The summed E-state index contributed by atoms with van der Waals surface area (Å²) >= 11 is 0. The number of carbonyl (C=O) groups excluding carboxylic acids is 1. The summed E-state index contributed by atoms with van der Waals surface area (Å²) in [6.45, 7) is 12.5. The van der Waals surface area contributed by atoms with Crippen LogP contribution < -0.4 is 0 Å². The first kappa shape index (κ1) is 18.2. The molecule has 0 aromatic heterocycles. The topological polar surface area (TPSA) is 35.5 Å². The molecular weight excluding hydrogens is 300 g/mol. The summed E-state index contributed by atoms with van der Waals surface area (Å²) in [7, 11) is 0. The first-order valence-electron chi connectivity index (χ1n) is 9.82. The van der Waals surface area contributed by atoms with Crippen LogP contribution in [0.3, 0.4) is 0 Å². The van der Waals surface area contributed by atoms with E-state index in [1.165, 1.54) is 38.5 Å². The van der Waals surface area contributed by atoms with Crippen molar-refractivity contribution in [3.8, 4) is 0 Å². The number of ether oxygens (including phenoxy) is 2. The van der Waals surface area contributed by atoms with E-state index in [2.05, 4.69) is 20.8 Å². The van der Waals surface area contributed by atoms with Crippen LogP contribution in [0.5, 0.6) is 0 Å². The van der Waals surface area contributed by atoms with Gasteiger partial charge >= 0.3 is 5.97 Å². The molecule has 0 aromatic carbocycles. The van der Waals surface area contributed by atoms with Crippen molar-refractivity contribution in [1.82, 2.24) is 0 Å². The van der Waals surface area contributed by atoms with Crippen LogP contribution in [0.4, 0.5) is 0 Å². The van der Waals surface area contributed by atoms with Gasteiger partial charge in [-0.05, 0) is 97.8 Å². The Morgan fingerprint density at radius 3 is 1.79 bits per heavy atom. The molecule has 1 atom stereocenters. The minimum Gasteiger partial charge on any atom is -0.463 e. The number of rotatable bonds is 4. The molecule has 0 N–H and O–H groups in total. The third kappa shape index (κ3) is 3.81. The molecule has 3 heteroatoms. The van der Waals surface area contributed by atoms with E-state index in [1.54, 1.807) is 0 Å². The fourth-order valence-corrected chi connectivity index (χ4v) is 5.70. The molecule has 4 fully saturated rings. The fourth-order valence-electron chi connectivity index (χ4n) is 5.70. The lowest BCUT2D eigenvalue weighted by atomic mass is 9.48. The number of hydrogen-bond donors (Lipinski definition) is 0. The Labute approximate surface area is 147 Å². The summed E-state index contributed by atoms with van der Waals surface area (Å²) in [5, 5.41) is 0. The van der Waals surface area contributed by atoms with E-state index in [1.807, 2.05) is 20.8 Å². The van der Waals surface area contributed by atoms with Crippen LogP contribution >= 0.6 is 0 Å². The van der Waals surface area contributed by atoms with Gasteiger partial charge in [-0.1, -0.05) is 0 Å². The Bertz CT molecular complexity index is 445. The highest BCUT2D eigenvalue weighted by Crippen LogP contribution is 2.62. The third-order valence-corrected chi connectivity index (χ3v) is 6.24. The fraction of sp³-hybridized carbons (Fsp3) is 0.952. The standard InChI is InChI=1S/C21H36O3/c1-19(2,3)18(22)23-13-17(24-20(4,5)6)21-10-14-7-15(11-21)9-16(8-14)12-21/h14-17H,7-13H2,1-6H3. The maximum atomic E-state index is 12.3. The Hall–Kier alpha value is -0.570. The second-order valence-corrected chi connectivity index (χ2v) is 10.8. The van der Waals surface area contributed by atoms with Crippen molar-refractivity contribution in [2.24, 2.45) is 28.6 Å². The summed E-state index contributed by atoms with van der Waals surface area (Å²) in [5.41, 5.74) is -0.421. The van der Waals surface area contributed by atoms with Crippen LogP contribution in [0.25, 0.3) is 0 Å². The Kier molecular flexibility index (Phi) is 4.56. The summed E-state index contributed by atoms with van der Waals surface area (Å²) < 4.78 is 12.2. The lowest BCUT2D eigenvalue weighted by Gasteiger charge is -2.59. The van der Waals surface area contributed by atoms with Gasteiger partial charge in [-0.25, -0.2) is 0 Å². The highest BCUT2D eigenvalue weighted by atomic mass is 16.6. The first-order chi connectivity index (χ1) is 11.0. The minimum atomic E-state index is -0.451. The average Bonchev–Trinajstić information content (AvgIpc) is 2.39. The Morgan fingerprint density at radius 2 is 1.42 bits per heavy atom. The van der Waals surface area contributed by atoms with Gasteiger partial charge in [0.15, 0.2) is 0 Å². The predicted molar refractivity (Wildman–Crippen MR) is 95.6 cm³/mol. The molecule has 4 bridgehead atoms. The van der Waals surface area contributed by atoms with Gasteiger partial charge in [0.05, 0.1) is 17.1 Å². The molecule has 0 saturated heterocycles. The van der Waals surface area contributed by atoms with Gasteiger partial charge in [-0.2, -0.15) is 0 Å². The smallest absolute Gasteiger partial charge is 0.311 e. The van der Waals surface area contributed by atoms with Gasteiger partial charge in [0.2, 0.25) is 0 Å². The van der Waals surface area contributed by atoms with E-state index in [0.717, 1.165) is 17.8 Å². The SMILES string of the molecule is CC(C)(C)OC(COC(=O)C(C)(C)C)C12CC3CC(CC(C3)C1)C2. The Morgan fingerprint density at radius 1 is 0.958 bits per heavy atom. The van der Waals surface area contributed by atoms with Crippen molar-refractivity contribution >= 4 is 5.97 Å². The van der Waals surface area contributed by atoms with Crippen LogP contribution in [0, 0.1) is 28.6 Å². The van der Waals surface area contributed by atoms with Crippen molar-refractivity contribution in [3.63, 3.8) is 0 Å². The third-order valence-electron chi connectivity index (χ3n) is 6.24. The van der Waals surface area contributed by atoms with Gasteiger partial charge in [-0.3, -0.25) is 4.79 Å². The van der Waals surface area contributed by atoms with Gasteiger partial charge in [0, 0.05) is 5.41 Å². The molecule has 0 aromatic rings. The second-order valence-electron chi connectivity index (χ2n) is 10.8. The molecular formula is C21H36O3. The largest absolute Gasteiger partial charge is 0.463 e. The first-order valence-corrected chi connectivity index (χ1v) is 9.82. The van der Waals surface area contributed by atoms with Crippen molar-refractivity contribution in [1.29, 1.82) is 0 Å². The lowest BCUT2D eigenvalue weighted by Crippen LogP contribution is -2.55. The number of esters is 1. The van der Waals surface area contributed by atoms with E-state index in [-0.39, 0.29) is 23.1 Å². The molecule has 4 aliphatic carbocycles. The summed E-state index contributed by atoms with van der Waals surface area (Å²) in [6.07, 6.45) is 8.11. The maximum Gasteiger partial charge on any atom is 0.311 e. The minimum absolute atomic E-state index is 0.0391. The van der Waals surface area contributed by atoms with Crippen LogP contribution in [-0.2, 0) is 14.3 Å². The summed E-state index contributed by atoms with van der Waals surface area (Å²) in [5.74, 6) is 2.51. The normalized spacial score (nSPS) is 36.7.